The molecule has 126 valence electrons. The van der Waals surface area contributed by atoms with Crippen molar-refractivity contribution in [2.45, 2.75) is 40.0 Å². The zero-order valence-corrected chi connectivity index (χ0v) is 15.7. The highest BCUT2D eigenvalue weighted by molar-refractivity contribution is 7.16. The van der Waals surface area contributed by atoms with Crippen LogP contribution in [0.5, 0.6) is 0 Å². The molecule has 1 aromatic heterocycles. The van der Waals surface area contributed by atoms with Gasteiger partial charge in [0.15, 0.2) is 0 Å². The topological polar surface area (TPSA) is 59.9 Å². The third kappa shape index (κ3) is 3.65. The highest BCUT2D eigenvalue weighted by Crippen LogP contribution is 2.44. The van der Waals surface area contributed by atoms with Crippen LogP contribution in [0.4, 0.5) is 5.00 Å². The summed E-state index contributed by atoms with van der Waals surface area (Å²) < 4.78 is 0. The normalized spacial score (nSPS) is 17.1. The van der Waals surface area contributed by atoms with E-state index in [1.54, 1.807) is 29.7 Å². The summed E-state index contributed by atoms with van der Waals surface area (Å²) in [5, 5.41) is 19.3. The molecule has 0 fully saturated rings. The molecule has 0 N–H and O–H groups in total. The number of rotatable bonds is 2. The molecule has 0 bridgehead atoms. The van der Waals surface area contributed by atoms with Crippen molar-refractivity contribution in [1.82, 2.24) is 0 Å². The second-order valence-electron chi connectivity index (χ2n) is 7.59. The van der Waals surface area contributed by atoms with Crippen molar-refractivity contribution in [3.8, 4) is 12.1 Å². The quantitative estimate of drug-likeness (QED) is 0.683. The van der Waals surface area contributed by atoms with Gasteiger partial charge in [0.25, 0.3) is 0 Å². The molecule has 1 aliphatic rings. The summed E-state index contributed by atoms with van der Waals surface area (Å²) in [5.74, 6) is 0.653. The molecule has 1 aliphatic carbocycles. The van der Waals surface area contributed by atoms with Gasteiger partial charge in [-0.3, -0.25) is 0 Å². The minimum absolute atomic E-state index is 0.292. The van der Waals surface area contributed by atoms with E-state index < -0.39 is 0 Å². The van der Waals surface area contributed by atoms with Gasteiger partial charge < -0.3 is 0 Å². The van der Waals surface area contributed by atoms with Gasteiger partial charge in [-0.1, -0.05) is 32.9 Å². The molecule has 25 heavy (non-hydrogen) atoms. The Kier molecular flexibility index (Phi) is 4.75. The summed E-state index contributed by atoms with van der Waals surface area (Å²) >= 11 is 1.66. The Morgan fingerprint density at radius 3 is 2.48 bits per heavy atom. The van der Waals surface area contributed by atoms with E-state index in [1.807, 2.05) is 12.1 Å². The number of hydrogen-bond donors (Lipinski definition) is 0. The number of nitrogens with zero attached hydrogens (tertiary/aromatic N) is 3. The van der Waals surface area contributed by atoms with E-state index in [0.717, 1.165) is 35.4 Å². The van der Waals surface area contributed by atoms with Crippen LogP contribution < -0.4 is 0 Å². The van der Waals surface area contributed by atoms with Crippen LogP contribution in [0.1, 0.15) is 54.3 Å². The summed E-state index contributed by atoms with van der Waals surface area (Å²) in [7, 11) is 0. The second kappa shape index (κ2) is 6.82. The van der Waals surface area contributed by atoms with E-state index in [0.29, 0.717) is 16.9 Å². The molecule has 0 amide bonds. The summed E-state index contributed by atoms with van der Waals surface area (Å²) in [6.07, 6.45) is 4.94. The van der Waals surface area contributed by atoms with Crippen LogP contribution in [-0.4, -0.2) is 6.21 Å². The van der Waals surface area contributed by atoms with Gasteiger partial charge in [-0.25, -0.2) is 4.99 Å². The van der Waals surface area contributed by atoms with Crippen LogP contribution in [0.2, 0.25) is 0 Å². The molecule has 0 saturated carbocycles. The Labute approximate surface area is 153 Å². The third-order valence-electron chi connectivity index (χ3n) is 4.95. The molecule has 3 nitrogen and oxygen atoms in total. The third-order valence-corrected chi connectivity index (χ3v) is 6.12. The first-order chi connectivity index (χ1) is 11.9. The van der Waals surface area contributed by atoms with Crippen molar-refractivity contribution in [2.75, 3.05) is 0 Å². The van der Waals surface area contributed by atoms with Gasteiger partial charge in [0.05, 0.1) is 17.2 Å². The summed E-state index contributed by atoms with van der Waals surface area (Å²) in [4.78, 5) is 5.91. The first kappa shape index (κ1) is 17.4. The highest BCUT2D eigenvalue weighted by Gasteiger charge is 2.32. The molecular formula is C21H21N3S. The first-order valence-electron chi connectivity index (χ1n) is 8.51. The molecule has 2 aromatic rings. The zero-order valence-electron chi connectivity index (χ0n) is 14.8. The van der Waals surface area contributed by atoms with Gasteiger partial charge in [0, 0.05) is 11.1 Å². The van der Waals surface area contributed by atoms with Crippen LogP contribution in [0.25, 0.3) is 0 Å². The van der Waals surface area contributed by atoms with Crippen molar-refractivity contribution < 1.29 is 0 Å². The lowest BCUT2D eigenvalue weighted by molar-refractivity contribution is 0.218. The van der Waals surface area contributed by atoms with Gasteiger partial charge in [0.2, 0.25) is 0 Å². The van der Waals surface area contributed by atoms with E-state index in [1.165, 1.54) is 10.4 Å². The number of benzene rings is 1. The van der Waals surface area contributed by atoms with Crippen LogP contribution in [0.3, 0.4) is 0 Å². The van der Waals surface area contributed by atoms with Gasteiger partial charge in [0.1, 0.15) is 11.1 Å². The van der Waals surface area contributed by atoms with Gasteiger partial charge in [-0.15, -0.1) is 11.3 Å². The van der Waals surface area contributed by atoms with Crippen LogP contribution in [0, 0.1) is 34.0 Å². The van der Waals surface area contributed by atoms with Crippen molar-refractivity contribution >= 4 is 22.6 Å². The molecule has 1 atom stereocenters. The van der Waals surface area contributed by atoms with Crippen LogP contribution in [0.15, 0.2) is 29.3 Å². The van der Waals surface area contributed by atoms with E-state index in [2.05, 4.69) is 37.9 Å². The number of fused-ring (bicyclic) bond motifs is 1. The Morgan fingerprint density at radius 2 is 1.88 bits per heavy atom. The van der Waals surface area contributed by atoms with Crippen LogP contribution >= 0.6 is 11.3 Å². The smallest absolute Gasteiger partial charge is 0.134 e. The molecule has 1 heterocycles. The van der Waals surface area contributed by atoms with Gasteiger partial charge in [-0.05, 0) is 53.9 Å². The Morgan fingerprint density at radius 1 is 1.16 bits per heavy atom. The van der Waals surface area contributed by atoms with Crippen molar-refractivity contribution in [1.29, 1.82) is 10.5 Å². The standard InChI is InChI=1S/C21H21N3S/c1-21(2,3)16-8-9-17-18(12-23)20(25-19(17)10-16)24-13-15-6-4-14(11-22)5-7-15/h4-7,13,16H,8-10H2,1-3H3/t16-/m0/s1. The molecule has 4 heteroatoms. The molecule has 3 rings (SSSR count). The lowest BCUT2D eigenvalue weighted by Crippen LogP contribution is -2.26. The molecule has 0 unspecified atom stereocenters. The fourth-order valence-electron chi connectivity index (χ4n) is 3.29. The van der Waals surface area contributed by atoms with E-state index in [4.69, 9.17) is 5.26 Å². The van der Waals surface area contributed by atoms with E-state index in [9.17, 15) is 5.26 Å². The molecule has 0 radical (unpaired) electrons. The monoisotopic (exact) mass is 347 g/mol. The lowest BCUT2D eigenvalue weighted by Gasteiger charge is -2.33. The molecular weight excluding hydrogens is 326 g/mol. The SMILES string of the molecule is CC(C)(C)[C@H]1CCc2c(sc(N=Cc3ccc(C#N)cc3)c2C#N)C1. The van der Waals surface area contributed by atoms with Crippen molar-refractivity contribution in [2.24, 2.45) is 16.3 Å². The van der Waals surface area contributed by atoms with Crippen LogP contribution in [-0.2, 0) is 12.8 Å². The Hall–Kier alpha value is -2.43. The highest BCUT2D eigenvalue weighted by atomic mass is 32.1. The Balaban J connectivity index is 1.88. The molecule has 1 aromatic carbocycles. The van der Waals surface area contributed by atoms with E-state index >= 15 is 0 Å². The van der Waals surface area contributed by atoms with Crippen molar-refractivity contribution in [3.05, 3.63) is 51.4 Å². The van der Waals surface area contributed by atoms with Crippen molar-refractivity contribution in [3.63, 3.8) is 0 Å². The number of thiophene rings is 1. The maximum absolute atomic E-state index is 9.60. The first-order valence-corrected chi connectivity index (χ1v) is 9.33. The average Bonchev–Trinajstić information content (AvgIpc) is 2.96. The minimum Gasteiger partial charge on any atom is -0.244 e. The number of hydrogen-bond acceptors (Lipinski definition) is 4. The fourth-order valence-corrected chi connectivity index (χ4v) is 4.52. The summed E-state index contributed by atoms with van der Waals surface area (Å²) in [6.45, 7) is 6.89. The van der Waals surface area contributed by atoms with Gasteiger partial charge in [-0.2, -0.15) is 10.5 Å². The second-order valence-corrected chi connectivity index (χ2v) is 8.68. The zero-order chi connectivity index (χ0) is 18.0. The lowest BCUT2D eigenvalue weighted by atomic mass is 9.72. The fraction of sp³-hybridized carbons (Fsp3) is 0.381. The molecule has 0 saturated heterocycles. The maximum atomic E-state index is 9.60. The number of nitriles is 2. The Bertz CT molecular complexity index is 883. The summed E-state index contributed by atoms with van der Waals surface area (Å²) in [5.41, 5.74) is 3.81. The predicted octanol–water partition coefficient (Wildman–Crippen LogP) is 5.39. The van der Waals surface area contributed by atoms with E-state index in [-0.39, 0.29) is 0 Å². The van der Waals surface area contributed by atoms with Gasteiger partial charge >= 0.3 is 0 Å². The predicted molar refractivity (Wildman–Crippen MR) is 102 cm³/mol. The average molecular weight is 347 g/mol. The minimum atomic E-state index is 0.292. The largest absolute Gasteiger partial charge is 0.244 e. The maximum Gasteiger partial charge on any atom is 0.134 e. The molecule has 0 aliphatic heterocycles. The number of aliphatic imine (C=N–C) groups is 1. The molecule has 0 spiro atoms. The summed E-state index contributed by atoms with van der Waals surface area (Å²) in [6, 6.07) is 11.8.